The first kappa shape index (κ1) is 24.7. The molecular weight excluding hydrogens is 328 g/mol. The van der Waals surface area contributed by atoms with Gasteiger partial charge in [-0.1, -0.05) is 50.9 Å². The van der Waals surface area contributed by atoms with E-state index in [1.54, 1.807) is 0 Å². The first-order valence-electron chi connectivity index (χ1n) is 10.5. The zero-order valence-electron chi connectivity index (χ0n) is 18.7. The van der Waals surface area contributed by atoms with Crippen molar-refractivity contribution < 1.29 is 28.5 Å². The third-order valence-electron chi connectivity index (χ3n) is 6.64. The molecule has 27 heavy (non-hydrogen) atoms. The van der Waals surface area contributed by atoms with Crippen molar-refractivity contribution >= 4 is 6.35 Å². The van der Waals surface area contributed by atoms with Crippen molar-refractivity contribution in [1.29, 1.82) is 0 Å². The van der Waals surface area contributed by atoms with E-state index in [2.05, 4.69) is 61.2 Å². The van der Waals surface area contributed by atoms with Crippen LogP contribution in [0, 0.1) is 0 Å². The maximum atomic E-state index is 6.19. The van der Waals surface area contributed by atoms with Gasteiger partial charge in [0.2, 0.25) is 0 Å². The molecule has 0 aliphatic carbocycles. The Morgan fingerprint density at radius 2 is 1.48 bits per heavy atom. The molecule has 3 heterocycles. The minimum atomic E-state index is -0.651. The predicted molar refractivity (Wildman–Crippen MR) is 112 cm³/mol. The Hall–Kier alpha value is -0.308. The SMILES string of the molecule is CN(C)CCN(C)C.CO[B-]1(Cc2cccc[nH+]2)C2CCCC1CCC2.[Li+]. The van der Waals surface area contributed by atoms with E-state index < -0.39 is 6.35 Å². The predicted octanol–water partition coefficient (Wildman–Crippen LogP) is 0.396. The second kappa shape index (κ2) is 12.3. The minimum Gasteiger partial charge on any atom is -0.591 e. The number of rotatable bonds is 6. The van der Waals surface area contributed by atoms with Gasteiger partial charge in [0, 0.05) is 25.2 Å². The maximum Gasteiger partial charge on any atom is 1.00 e. The molecule has 0 saturated carbocycles. The second-order valence-corrected chi connectivity index (χ2v) is 8.92. The van der Waals surface area contributed by atoms with E-state index in [0.717, 1.165) is 31.0 Å². The van der Waals surface area contributed by atoms with Gasteiger partial charge in [0.15, 0.2) is 6.20 Å². The Balaban J connectivity index is 0.000000350. The van der Waals surface area contributed by atoms with Gasteiger partial charge in [-0.2, -0.15) is 0 Å². The monoisotopic (exact) mass is 368 g/mol. The summed E-state index contributed by atoms with van der Waals surface area (Å²) < 4.78 is 6.19. The summed E-state index contributed by atoms with van der Waals surface area (Å²) in [5.74, 6) is 1.66. The van der Waals surface area contributed by atoms with Gasteiger partial charge in [0.25, 0.3) is 0 Å². The minimum absolute atomic E-state index is 0. The molecule has 4 nitrogen and oxygen atoms in total. The van der Waals surface area contributed by atoms with Crippen molar-refractivity contribution in [2.45, 2.75) is 56.5 Å². The summed E-state index contributed by atoms with van der Waals surface area (Å²) in [6.07, 6.45) is 10.9. The fourth-order valence-electron chi connectivity index (χ4n) is 5.19. The van der Waals surface area contributed by atoms with E-state index in [1.807, 2.05) is 13.3 Å². The van der Waals surface area contributed by atoms with Crippen molar-refractivity contribution in [1.82, 2.24) is 9.80 Å². The fraction of sp³-hybridized carbons (Fsp3) is 0.762. The van der Waals surface area contributed by atoms with E-state index in [9.17, 15) is 0 Å². The third kappa shape index (κ3) is 7.22. The molecule has 0 unspecified atom stereocenters. The van der Waals surface area contributed by atoms with Crippen LogP contribution in [0.5, 0.6) is 0 Å². The molecule has 0 atom stereocenters. The smallest absolute Gasteiger partial charge is 0.591 e. The molecule has 0 radical (unpaired) electrons. The number of aromatic nitrogens is 1. The summed E-state index contributed by atoms with van der Waals surface area (Å²) >= 11 is 0. The average molecular weight is 368 g/mol. The Morgan fingerprint density at radius 3 is 1.85 bits per heavy atom. The average Bonchev–Trinajstić information content (AvgIpc) is 2.61. The van der Waals surface area contributed by atoms with Crippen LogP contribution in [-0.4, -0.2) is 64.5 Å². The molecule has 0 amide bonds. The van der Waals surface area contributed by atoms with Gasteiger partial charge in [-0.25, -0.2) is 4.98 Å². The molecule has 2 saturated heterocycles. The first-order chi connectivity index (χ1) is 12.5. The molecule has 3 rings (SSSR count). The molecule has 6 heteroatoms. The molecule has 2 aliphatic rings. The summed E-state index contributed by atoms with van der Waals surface area (Å²) in [4.78, 5) is 7.76. The summed E-state index contributed by atoms with van der Waals surface area (Å²) in [6, 6.07) is 6.40. The van der Waals surface area contributed by atoms with Crippen LogP contribution in [0.3, 0.4) is 0 Å². The Bertz CT molecular complexity index is 485. The van der Waals surface area contributed by atoms with Crippen LogP contribution >= 0.6 is 0 Å². The number of hydrogen-bond donors (Lipinski definition) is 0. The van der Waals surface area contributed by atoms with Crippen molar-refractivity contribution in [2.75, 3.05) is 48.4 Å². The van der Waals surface area contributed by atoms with Crippen molar-refractivity contribution in [3.8, 4) is 0 Å². The second-order valence-electron chi connectivity index (χ2n) is 8.92. The van der Waals surface area contributed by atoms with Gasteiger partial charge in [-0.05, 0) is 35.3 Å². The molecule has 148 valence electrons. The number of nitrogens with one attached hydrogen (secondary N) is 1. The standard InChI is InChI=1S/C15H23BNO.C6H16N2.Li/c1-18-16(12-15-10-2-3-11-17-15)13-6-4-7-14(16)9-5-8-13;1-7(2)5-6-8(3)4;/h2-3,10-11,13-14H,4-9,12H2,1H3;5-6H2,1-4H3;/q-1;;+1/p+1. The summed E-state index contributed by atoms with van der Waals surface area (Å²) in [6.45, 7) is 2.29. The molecule has 2 fully saturated rings. The zero-order valence-corrected chi connectivity index (χ0v) is 18.7. The van der Waals surface area contributed by atoms with Crippen LogP contribution in [-0.2, 0) is 11.0 Å². The van der Waals surface area contributed by atoms with E-state index in [4.69, 9.17) is 4.65 Å². The molecule has 1 N–H and O–H groups in total. The van der Waals surface area contributed by atoms with Crippen LogP contribution in [0.4, 0.5) is 0 Å². The Morgan fingerprint density at radius 1 is 0.963 bits per heavy atom. The van der Waals surface area contributed by atoms with Crippen LogP contribution in [0.1, 0.15) is 44.2 Å². The number of H-pyrrole nitrogens is 1. The normalized spacial score (nSPS) is 26.9. The van der Waals surface area contributed by atoms with Gasteiger partial charge >= 0.3 is 18.9 Å². The molecular formula is C21H40BLiN3O+. The first-order valence-corrected chi connectivity index (χ1v) is 10.5. The summed E-state index contributed by atoms with van der Waals surface area (Å²) in [5, 5.41) is 0. The van der Waals surface area contributed by atoms with E-state index >= 15 is 0 Å². The molecule has 1 aromatic heterocycles. The number of pyridine rings is 1. The maximum absolute atomic E-state index is 6.19. The van der Waals surface area contributed by atoms with Crippen molar-refractivity contribution in [3.63, 3.8) is 0 Å². The van der Waals surface area contributed by atoms with Gasteiger partial charge < -0.3 is 14.5 Å². The van der Waals surface area contributed by atoms with Gasteiger partial charge in [0.1, 0.15) is 12.0 Å². The number of nitrogens with zero attached hydrogens (tertiary/aromatic N) is 2. The van der Waals surface area contributed by atoms with E-state index in [0.29, 0.717) is 0 Å². The van der Waals surface area contributed by atoms with Crippen LogP contribution in [0.25, 0.3) is 0 Å². The van der Waals surface area contributed by atoms with Crippen molar-refractivity contribution in [2.24, 2.45) is 0 Å². The van der Waals surface area contributed by atoms with E-state index in [-0.39, 0.29) is 18.9 Å². The van der Waals surface area contributed by atoms with Crippen LogP contribution in [0.2, 0.25) is 11.6 Å². The number of fused-ring (bicyclic) bond motifs is 2. The molecule has 0 spiro atoms. The van der Waals surface area contributed by atoms with Gasteiger partial charge in [-0.3, -0.25) is 0 Å². The molecule has 2 aliphatic heterocycles. The number of likely N-dealkylation sites (N-methyl/N-ethyl adjacent to an activating group) is 2. The topological polar surface area (TPSA) is 29.9 Å². The molecule has 1 aromatic rings. The number of aromatic amines is 1. The van der Waals surface area contributed by atoms with E-state index in [1.165, 1.54) is 44.2 Å². The largest absolute Gasteiger partial charge is 1.00 e. The fourth-order valence-corrected chi connectivity index (χ4v) is 5.19. The summed E-state index contributed by atoms with van der Waals surface area (Å²) in [5.41, 5.74) is 1.35. The van der Waals surface area contributed by atoms with Crippen LogP contribution in [0.15, 0.2) is 24.4 Å². The quantitative estimate of drug-likeness (QED) is 0.681. The third-order valence-corrected chi connectivity index (χ3v) is 6.64. The molecule has 2 bridgehead atoms. The summed E-state index contributed by atoms with van der Waals surface area (Å²) in [7, 11) is 10.3. The Kier molecular flexibility index (Phi) is 11.3. The van der Waals surface area contributed by atoms with Crippen molar-refractivity contribution in [3.05, 3.63) is 30.1 Å². The van der Waals surface area contributed by atoms with Gasteiger partial charge in [-0.15, -0.1) is 11.6 Å². The zero-order chi connectivity index (χ0) is 19.0. The Labute approximate surface area is 179 Å². The van der Waals surface area contributed by atoms with Gasteiger partial charge in [0.05, 0.1) is 0 Å². The molecule has 0 aromatic carbocycles. The number of hydrogen-bond acceptors (Lipinski definition) is 3. The van der Waals surface area contributed by atoms with Crippen LogP contribution < -0.4 is 23.8 Å².